The van der Waals surface area contributed by atoms with Crippen molar-refractivity contribution in [2.45, 2.75) is 0 Å². The van der Waals surface area contributed by atoms with E-state index >= 15 is 0 Å². The van der Waals surface area contributed by atoms with Crippen molar-refractivity contribution < 1.29 is 26.7 Å². The lowest BCUT2D eigenvalue weighted by Crippen LogP contribution is -1.91. The van der Waals surface area contributed by atoms with Crippen molar-refractivity contribution in [3.8, 4) is 22.3 Å². The molecule has 0 radical (unpaired) electrons. The Kier molecular flexibility index (Phi) is 2.21. The number of rotatable bonds is 2. The van der Waals surface area contributed by atoms with Gasteiger partial charge in [-0.2, -0.15) is 0 Å². The Labute approximate surface area is 225 Å². The quantitative estimate of drug-likeness (QED) is 0.233. The predicted octanol–water partition coefficient (Wildman–Crippen LogP) is 9.97. The van der Waals surface area contributed by atoms with Crippen molar-refractivity contribution in [3.05, 3.63) is 121 Å². The summed E-state index contributed by atoms with van der Waals surface area (Å²) in [6.07, 6.45) is 1.51. The molecule has 0 bridgehead atoms. The summed E-state index contributed by atoms with van der Waals surface area (Å²) < 4.78 is 126. The van der Waals surface area contributed by atoms with Gasteiger partial charge < -0.3 is 8.83 Å². The molecule has 8 rings (SSSR count). The van der Waals surface area contributed by atoms with E-state index in [0.29, 0.717) is 33.1 Å². The molecule has 0 saturated heterocycles. The van der Waals surface area contributed by atoms with Crippen molar-refractivity contribution in [1.29, 1.82) is 0 Å². The van der Waals surface area contributed by atoms with E-state index in [4.69, 9.17) is 23.9 Å². The minimum Gasteiger partial charge on any atom is -0.464 e. The lowest BCUT2D eigenvalue weighted by molar-refractivity contribution is 0.618. The van der Waals surface area contributed by atoms with Crippen LogP contribution in [0.1, 0.15) is 17.8 Å². The number of benzene rings is 6. The van der Waals surface area contributed by atoms with Crippen LogP contribution < -0.4 is 0 Å². The van der Waals surface area contributed by atoms with E-state index in [-0.39, 0.29) is 32.7 Å². The van der Waals surface area contributed by atoms with Crippen LogP contribution in [0.5, 0.6) is 0 Å². The topological polar surface area (TPSA) is 26.3 Å². The van der Waals surface area contributed by atoms with Crippen molar-refractivity contribution in [3.63, 3.8) is 0 Å². The van der Waals surface area contributed by atoms with Gasteiger partial charge in [-0.05, 0) is 68.1 Å². The Morgan fingerprint density at radius 1 is 0.556 bits per heavy atom. The molecule has 0 N–H and O–H groups in total. The standard InChI is InChI=1S/C34H20O2/c1-2-9-21(10-3-1)30-23-11-4-6-13-25(23)31(26-14-7-5-12-24(26)30)27-15-8-16-28-32(27)33-29(36-28)18-17-22-19-20-35-34(22)33/h1-20H/i1D,2D,3D,4D,5D,6D,7D,9D,10D,11D,12D,13D,14D. The average molecular weight is 474 g/mol. The van der Waals surface area contributed by atoms with Crippen LogP contribution in [0.15, 0.2) is 130 Å². The molecule has 168 valence electrons. The first-order chi connectivity index (χ1) is 23.3. The molecule has 0 saturated carbocycles. The maximum Gasteiger partial charge on any atom is 0.145 e. The van der Waals surface area contributed by atoms with Gasteiger partial charge in [-0.25, -0.2) is 0 Å². The second kappa shape index (κ2) is 7.34. The molecule has 8 aromatic rings. The van der Waals surface area contributed by atoms with Crippen LogP contribution in [-0.4, -0.2) is 0 Å². The molecule has 0 aliphatic rings. The molecule has 2 aromatic heterocycles. The Bertz CT molecular complexity index is 2710. The van der Waals surface area contributed by atoms with Crippen molar-refractivity contribution >= 4 is 54.5 Å². The normalized spacial score (nSPS) is 16.9. The van der Waals surface area contributed by atoms with Gasteiger partial charge in [0.1, 0.15) is 16.7 Å². The third-order valence-electron chi connectivity index (χ3n) is 6.47. The maximum atomic E-state index is 9.21. The minimum atomic E-state index is -0.722. The van der Waals surface area contributed by atoms with E-state index in [1.54, 1.807) is 30.3 Å². The molecule has 36 heavy (non-hydrogen) atoms. The third kappa shape index (κ3) is 2.61. The number of hydrogen-bond acceptors (Lipinski definition) is 2. The Balaban J connectivity index is 1.77. The Hall–Kier alpha value is -4.82. The smallest absolute Gasteiger partial charge is 0.145 e. The van der Waals surface area contributed by atoms with Gasteiger partial charge in [-0.3, -0.25) is 0 Å². The summed E-state index contributed by atoms with van der Waals surface area (Å²) in [5.41, 5.74) is 0.813. The first kappa shape index (κ1) is 10.8. The molecule has 2 nitrogen and oxygen atoms in total. The van der Waals surface area contributed by atoms with E-state index in [9.17, 15) is 2.74 Å². The van der Waals surface area contributed by atoms with E-state index < -0.39 is 84.1 Å². The highest BCUT2D eigenvalue weighted by atomic mass is 16.3. The fourth-order valence-electron chi connectivity index (χ4n) is 5.06. The Morgan fingerprint density at radius 3 is 1.92 bits per heavy atom. The van der Waals surface area contributed by atoms with Crippen LogP contribution >= 0.6 is 0 Å². The van der Waals surface area contributed by atoms with E-state index in [0.717, 1.165) is 5.39 Å². The summed E-state index contributed by atoms with van der Waals surface area (Å²) in [6, 6.07) is 1.81. The average Bonchev–Trinajstić information content (AvgIpc) is 3.73. The van der Waals surface area contributed by atoms with Crippen LogP contribution in [0.25, 0.3) is 76.7 Å². The van der Waals surface area contributed by atoms with Crippen molar-refractivity contribution in [2.75, 3.05) is 0 Å². The number of hydrogen-bond donors (Lipinski definition) is 0. The zero-order valence-electron chi connectivity index (χ0n) is 31.4. The third-order valence-corrected chi connectivity index (χ3v) is 6.47. The molecule has 0 atom stereocenters. The zero-order valence-corrected chi connectivity index (χ0v) is 18.4. The first-order valence-electron chi connectivity index (χ1n) is 17.6. The van der Waals surface area contributed by atoms with Gasteiger partial charge in [0, 0.05) is 10.8 Å². The fraction of sp³-hybridized carbons (Fsp3) is 0. The lowest BCUT2D eigenvalue weighted by atomic mass is 9.85. The summed E-state index contributed by atoms with van der Waals surface area (Å²) in [4.78, 5) is 0. The molecule has 0 aliphatic heterocycles. The van der Waals surface area contributed by atoms with Crippen LogP contribution in [0.3, 0.4) is 0 Å². The maximum absolute atomic E-state index is 9.21. The molecule has 6 aromatic carbocycles. The first-order valence-corrected chi connectivity index (χ1v) is 11.1. The van der Waals surface area contributed by atoms with Gasteiger partial charge in [-0.1, -0.05) is 90.7 Å². The second-order valence-electron chi connectivity index (χ2n) is 8.31. The fourth-order valence-corrected chi connectivity index (χ4v) is 5.06. The molecular formula is C34H20O2. The Morgan fingerprint density at radius 2 is 1.19 bits per heavy atom. The zero-order chi connectivity index (χ0) is 35.0. The van der Waals surface area contributed by atoms with Crippen molar-refractivity contribution in [1.82, 2.24) is 0 Å². The molecular weight excluding hydrogens is 440 g/mol. The van der Waals surface area contributed by atoms with Gasteiger partial charge in [0.25, 0.3) is 0 Å². The molecule has 0 spiro atoms. The lowest BCUT2D eigenvalue weighted by Gasteiger charge is -2.18. The summed E-state index contributed by atoms with van der Waals surface area (Å²) in [5.74, 6) is 0. The monoisotopic (exact) mass is 473 g/mol. The van der Waals surface area contributed by atoms with E-state index in [1.165, 1.54) is 6.26 Å². The van der Waals surface area contributed by atoms with Gasteiger partial charge in [0.05, 0.1) is 29.5 Å². The SMILES string of the molecule is [2H]c1c([2H])c([2H])c(-c2c3c([2H])c([2H])c([2H])c([2H])c3c(-c3cccc4oc5ccc6ccoc6c5c34)c3c([2H])c([2H])c([2H])c([2H])c23)c([2H])c1[2H]. The molecule has 0 aliphatic carbocycles. The molecule has 2 heteroatoms. The highest BCUT2D eigenvalue weighted by Gasteiger charge is 2.21. The highest BCUT2D eigenvalue weighted by Crippen LogP contribution is 2.47. The highest BCUT2D eigenvalue weighted by molar-refractivity contribution is 6.27. The van der Waals surface area contributed by atoms with Crippen LogP contribution in [-0.2, 0) is 0 Å². The number of furan rings is 2. The van der Waals surface area contributed by atoms with E-state index in [1.807, 2.05) is 6.07 Å². The van der Waals surface area contributed by atoms with E-state index in [2.05, 4.69) is 0 Å². The molecule has 2 heterocycles. The summed E-state index contributed by atoms with van der Waals surface area (Å²) in [6.45, 7) is 0. The van der Waals surface area contributed by atoms with Gasteiger partial charge in [0.2, 0.25) is 0 Å². The molecule has 0 amide bonds. The minimum absolute atomic E-state index is 0.0250. The number of fused-ring (bicyclic) bond motifs is 7. The summed E-state index contributed by atoms with van der Waals surface area (Å²) in [7, 11) is 0. The predicted molar refractivity (Wildman–Crippen MR) is 149 cm³/mol. The largest absolute Gasteiger partial charge is 0.464 e. The van der Waals surface area contributed by atoms with Gasteiger partial charge in [0.15, 0.2) is 0 Å². The van der Waals surface area contributed by atoms with Crippen LogP contribution in [0, 0.1) is 0 Å². The molecule has 0 unspecified atom stereocenters. The molecule has 0 fully saturated rings. The second-order valence-corrected chi connectivity index (χ2v) is 8.31. The van der Waals surface area contributed by atoms with Crippen LogP contribution in [0.4, 0.5) is 0 Å². The van der Waals surface area contributed by atoms with Gasteiger partial charge in [-0.15, -0.1) is 0 Å². The van der Waals surface area contributed by atoms with Crippen LogP contribution in [0.2, 0.25) is 0 Å². The van der Waals surface area contributed by atoms with Gasteiger partial charge >= 0.3 is 0 Å². The summed E-state index contributed by atoms with van der Waals surface area (Å²) >= 11 is 0. The van der Waals surface area contributed by atoms with Crippen molar-refractivity contribution in [2.24, 2.45) is 0 Å². The summed E-state index contributed by atoms with van der Waals surface area (Å²) in [5, 5.41) is 0.856.